The number of anilines is 1. The highest BCUT2D eigenvalue weighted by molar-refractivity contribution is 7.00. The maximum Gasteiger partial charge on any atom is 0.319 e. The molecule has 0 bridgehead atoms. The van der Waals surface area contributed by atoms with Gasteiger partial charge in [-0.2, -0.15) is 0 Å². The molecule has 0 aromatic heterocycles. The lowest BCUT2D eigenvalue weighted by molar-refractivity contribution is 0.508. The van der Waals surface area contributed by atoms with Gasteiger partial charge < -0.3 is 9.33 Å². The van der Waals surface area contributed by atoms with Crippen LogP contribution in [-0.2, 0) is 6.54 Å². The third kappa shape index (κ3) is 4.89. The van der Waals surface area contributed by atoms with E-state index < -0.39 is 8.32 Å². The van der Waals surface area contributed by atoms with E-state index in [1.807, 2.05) is 0 Å². The van der Waals surface area contributed by atoms with Crippen molar-refractivity contribution < 1.29 is 4.43 Å². The van der Waals surface area contributed by atoms with Crippen LogP contribution in [0.2, 0.25) is 5.04 Å². The summed E-state index contributed by atoms with van der Waals surface area (Å²) < 4.78 is 7.19. The molecule has 0 radical (unpaired) electrons. The van der Waals surface area contributed by atoms with Crippen LogP contribution in [-0.4, -0.2) is 15.4 Å². The van der Waals surface area contributed by atoms with Crippen LogP contribution < -0.4 is 19.7 Å². The zero-order valence-electron chi connectivity index (χ0n) is 20.0. The van der Waals surface area contributed by atoms with Crippen molar-refractivity contribution in [2.45, 2.75) is 32.4 Å². The fraction of sp³-hybridized carbons (Fsp3) is 0.200. The quantitative estimate of drug-likeness (QED) is 0.307. The molecule has 0 fully saturated rings. The first kappa shape index (κ1) is 22.9. The maximum absolute atomic E-state index is 7.19. The highest BCUT2D eigenvalue weighted by atomic mass is 28.4. The Bertz CT molecular complexity index is 1110. The first-order valence-corrected chi connectivity index (χ1v) is 13.5. The molecule has 0 amide bonds. The molecule has 4 aromatic rings. The van der Waals surface area contributed by atoms with E-state index in [1.54, 1.807) is 0 Å². The van der Waals surface area contributed by atoms with Crippen molar-refractivity contribution in [2.75, 3.05) is 11.9 Å². The van der Waals surface area contributed by atoms with Crippen LogP contribution in [0, 0.1) is 0 Å². The van der Waals surface area contributed by atoms with Gasteiger partial charge in [0, 0.05) is 25.3 Å². The van der Waals surface area contributed by atoms with Crippen LogP contribution in [0.25, 0.3) is 0 Å². The predicted molar refractivity (Wildman–Crippen MR) is 143 cm³/mol. The molecule has 0 atom stereocenters. The van der Waals surface area contributed by atoms with Gasteiger partial charge in [0.2, 0.25) is 0 Å². The van der Waals surface area contributed by atoms with Crippen molar-refractivity contribution in [1.29, 1.82) is 0 Å². The van der Waals surface area contributed by atoms with Crippen molar-refractivity contribution in [2.24, 2.45) is 0 Å². The Labute approximate surface area is 199 Å². The molecule has 0 spiro atoms. The molecule has 4 aromatic carbocycles. The van der Waals surface area contributed by atoms with Gasteiger partial charge in [0.25, 0.3) is 0 Å². The Hall–Kier alpha value is -3.30. The monoisotopic (exact) mass is 451 g/mol. The Kier molecular flexibility index (Phi) is 6.71. The highest BCUT2D eigenvalue weighted by Crippen LogP contribution is 2.38. The van der Waals surface area contributed by atoms with Crippen molar-refractivity contribution in [3.63, 3.8) is 0 Å². The third-order valence-corrected chi connectivity index (χ3v) is 11.2. The second-order valence-corrected chi connectivity index (χ2v) is 13.8. The number of hydrogen-bond acceptors (Lipinski definition) is 2. The van der Waals surface area contributed by atoms with Crippen molar-refractivity contribution in [3.8, 4) is 5.75 Å². The van der Waals surface area contributed by atoms with Crippen LogP contribution >= 0.6 is 0 Å². The summed E-state index contributed by atoms with van der Waals surface area (Å²) in [4.78, 5) is 2.27. The smallest absolute Gasteiger partial charge is 0.319 e. The standard InChI is InChI=1S/C30H33NOSi/c1-30(2,3)33(28-19-10-6-11-20-28,29-21-12-7-13-22-29)32-27-18-14-17-26(23-27)31(4)24-25-15-8-5-9-16-25/h5-23H,24H2,1-4H3. The third-order valence-electron chi connectivity index (χ3n) is 6.21. The van der Waals surface area contributed by atoms with E-state index in [9.17, 15) is 0 Å². The molecule has 0 aliphatic carbocycles. The minimum absolute atomic E-state index is 0.0678. The minimum Gasteiger partial charge on any atom is -0.534 e. The fourth-order valence-corrected chi connectivity index (χ4v) is 8.97. The molecule has 3 heteroatoms. The maximum atomic E-state index is 7.19. The molecule has 2 nitrogen and oxygen atoms in total. The average molecular weight is 452 g/mol. The number of hydrogen-bond donors (Lipinski definition) is 0. The topological polar surface area (TPSA) is 12.5 Å². The first-order chi connectivity index (χ1) is 15.9. The Balaban J connectivity index is 1.75. The Morgan fingerprint density at radius 1 is 0.667 bits per heavy atom. The van der Waals surface area contributed by atoms with Gasteiger partial charge in [-0.3, -0.25) is 0 Å². The zero-order chi connectivity index (χ0) is 23.3. The lowest BCUT2D eigenvalue weighted by atomic mass is 10.2. The van der Waals surface area contributed by atoms with Crippen molar-refractivity contribution in [3.05, 3.63) is 121 Å². The van der Waals surface area contributed by atoms with E-state index in [0.717, 1.165) is 18.0 Å². The van der Waals surface area contributed by atoms with E-state index >= 15 is 0 Å². The number of benzene rings is 4. The van der Waals surface area contributed by atoms with Gasteiger partial charge in [0.15, 0.2) is 0 Å². The molecule has 33 heavy (non-hydrogen) atoms. The summed E-state index contributed by atoms with van der Waals surface area (Å²) in [6, 6.07) is 40.7. The van der Waals surface area contributed by atoms with E-state index in [0.29, 0.717) is 0 Å². The second kappa shape index (κ2) is 9.68. The molecular formula is C30H33NOSi. The van der Waals surface area contributed by atoms with Gasteiger partial charge in [-0.15, -0.1) is 0 Å². The molecule has 168 valence electrons. The summed E-state index contributed by atoms with van der Waals surface area (Å²) in [5.41, 5.74) is 2.44. The van der Waals surface area contributed by atoms with Gasteiger partial charge in [-0.1, -0.05) is 118 Å². The Morgan fingerprint density at radius 3 is 1.70 bits per heavy atom. The summed E-state index contributed by atoms with van der Waals surface area (Å²) in [5, 5.41) is 2.50. The summed E-state index contributed by atoms with van der Waals surface area (Å²) in [5.74, 6) is 0.918. The van der Waals surface area contributed by atoms with Crippen molar-refractivity contribution in [1.82, 2.24) is 0 Å². The van der Waals surface area contributed by atoms with Crippen molar-refractivity contribution >= 4 is 24.4 Å². The van der Waals surface area contributed by atoms with Crippen LogP contribution in [0.15, 0.2) is 115 Å². The molecular weight excluding hydrogens is 418 g/mol. The number of nitrogens with zero attached hydrogens (tertiary/aromatic N) is 1. The lowest BCUT2D eigenvalue weighted by Gasteiger charge is -2.43. The van der Waals surface area contributed by atoms with E-state index in [4.69, 9.17) is 4.43 Å². The van der Waals surface area contributed by atoms with E-state index in [-0.39, 0.29) is 5.04 Å². The summed E-state index contributed by atoms with van der Waals surface area (Å²) in [7, 11) is -0.507. The summed E-state index contributed by atoms with van der Waals surface area (Å²) in [6.07, 6.45) is 0. The molecule has 0 unspecified atom stereocenters. The molecule has 0 heterocycles. The predicted octanol–water partition coefficient (Wildman–Crippen LogP) is 6.26. The second-order valence-electron chi connectivity index (χ2n) is 9.60. The highest BCUT2D eigenvalue weighted by Gasteiger charge is 2.52. The summed E-state index contributed by atoms with van der Waals surface area (Å²) >= 11 is 0. The van der Waals surface area contributed by atoms with Gasteiger partial charge in [-0.25, -0.2) is 0 Å². The molecule has 4 rings (SSSR count). The zero-order valence-corrected chi connectivity index (χ0v) is 21.0. The van der Waals surface area contributed by atoms with Gasteiger partial charge in [0.05, 0.1) is 0 Å². The average Bonchev–Trinajstić information content (AvgIpc) is 2.84. The summed E-state index contributed by atoms with van der Waals surface area (Å²) in [6.45, 7) is 7.78. The normalized spacial score (nSPS) is 11.8. The lowest BCUT2D eigenvalue weighted by Crippen LogP contribution is -2.68. The molecule has 0 saturated carbocycles. The molecule has 0 aliphatic rings. The van der Waals surface area contributed by atoms with Crippen LogP contribution in [0.3, 0.4) is 0 Å². The van der Waals surface area contributed by atoms with Crippen LogP contribution in [0.4, 0.5) is 5.69 Å². The van der Waals surface area contributed by atoms with E-state index in [1.165, 1.54) is 15.9 Å². The van der Waals surface area contributed by atoms with Crippen LogP contribution in [0.5, 0.6) is 5.75 Å². The minimum atomic E-state index is -2.64. The first-order valence-electron chi connectivity index (χ1n) is 11.6. The molecule has 0 N–H and O–H groups in total. The number of rotatable bonds is 7. The molecule has 0 saturated heterocycles. The van der Waals surface area contributed by atoms with E-state index in [2.05, 4.69) is 148 Å². The molecule has 0 aliphatic heterocycles. The van der Waals surface area contributed by atoms with Gasteiger partial charge in [-0.05, 0) is 33.1 Å². The SMILES string of the molecule is CN(Cc1ccccc1)c1cccc(O[Si](c2ccccc2)(c2ccccc2)C(C)(C)C)c1. The van der Waals surface area contributed by atoms with Gasteiger partial charge in [0.1, 0.15) is 5.75 Å². The Morgan fingerprint density at radius 2 is 1.18 bits per heavy atom. The van der Waals surface area contributed by atoms with Crippen LogP contribution in [0.1, 0.15) is 26.3 Å². The van der Waals surface area contributed by atoms with Gasteiger partial charge >= 0.3 is 8.32 Å². The fourth-order valence-electron chi connectivity index (χ4n) is 4.56. The largest absolute Gasteiger partial charge is 0.534 e.